The van der Waals surface area contributed by atoms with Gasteiger partial charge in [-0.25, -0.2) is 4.57 Å². The number of phosphoric acid groups is 1. The highest BCUT2D eigenvalue weighted by Crippen LogP contribution is 2.43. The van der Waals surface area contributed by atoms with Gasteiger partial charge in [-0.15, -0.1) is 0 Å². The Hall–Kier alpha value is -1.51. The second-order valence-corrected chi connectivity index (χ2v) is 22.7. The highest BCUT2D eigenvalue weighted by molar-refractivity contribution is 7.47. The molecule has 0 fully saturated rings. The molecule has 0 aromatic heterocycles. The molecular formula is C62H120NO8P. The zero-order valence-corrected chi connectivity index (χ0v) is 48.6. The molecule has 0 rings (SSSR count). The quantitative estimate of drug-likeness (QED) is 0.0264. The van der Waals surface area contributed by atoms with E-state index >= 15 is 0 Å². The molecule has 0 spiro atoms. The highest BCUT2D eigenvalue weighted by Gasteiger charge is 2.26. The summed E-state index contributed by atoms with van der Waals surface area (Å²) in [7, 11) is -4.38. The number of phosphoric ester groups is 1. The summed E-state index contributed by atoms with van der Waals surface area (Å²) in [6.07, 6.45) is 70.1. The number of ether oxygens (including phenoxy) is 2. The topological polar surface area (TPSA) is 134 Å². The standard InChI is InChI=1S/C62H120NO8P/c1-3-5-7-9-11-13-15-17-18-19-20-21-22-23-24-25-26-27-28-29-30-31-32-33-34-35-36-37-38-39-40-41-43-44-46-48-50-52-54-61(64)68-58-60(59-70-72(66,67)69-57-56-63)71-62(65)55-53-51-49-47-45-42-16-14-12-10-8-6-4-2/h8,10,14,16,60H,3-7,9,11-13,15,17-59,63H2,1-2H3,(H,66,67)/b10-8-,16-14-. The van der Waals surface area contributed by atoms with Crippen molar-refractivity contribution < 1.29 is 37.6 Å². The molecule has 0 saturated heterocycles. The van der Waals surface area contributed by atoms with Gasteiger partial charge in [-0.1, -0.05) is 301 Å². The normalized spacial score (nSPS) is 13.1. The maximum absolute atomic E-state index is 12.6. The number of carbonyl (C=O) groups excluding carboxylic acids is 2. The van der Waals surface area contributed by atoms with Gasteiger partial charge in [0, 0.05) is 19.4 Å². The van der Waals surface area contributed by atoms with Crippen molar-refractivity contribution >= 4 is 19.8 Å². The first-order valence-electron chi connectivity index (χ1n) is 31.3. The lowest BCUT2D eigenvalue weighted by Crippen LogP contribution is -2.29. The third-order valence-corrected chi connectivity index (χ3v) is 15.1. The maximum Gasteiger partial charge on any atom is 0.472 e. The molecule has 0 aliphatic rings. The molecule has 2 atom stereocenters. The molecule has 72 heavy (non-hydrogen) atoms. The summed E-state index contributed by atoms with van der Waals surface area (Å²) in [6.45, 7) is 3.70. The van der Waals surface area contributed by atoms with E-state index in [9.17, 15) is 19.0 Å². The van der Waals surface area contributed by atoms with E-state index in [-0.39, 0.29) is 38.6 Å². The van der Waals surface area contributed by atoms with Gasteiger partial charge < -0.3 is 20.1 Å². The lowest BCUT2D eigenvalue weighted by molar-refractivity contribution is -0.161. The first kappa shape index (κ1) is 70.5. The van der Waals surface area contributed by atoms with Gasteiger partial charge in [0.25, 0.3) is 0 Å². The van der Waals surface area contributed by atoms with Crippen LogP contribution in [0.1, 0.15) is 328 Å². The number of nitrogens with two attached hydrogens (primary N) is 1. The third-order valence-electron chi connectivity index (χ3n) is 14.1. The molecule has 9 nitrogen and oxygen atoms in total. The van der Waals surface area contributed by atoms with Crippen molar-refractivity contribution in [1.82, 2.24) is 0 Å². The largest absolute Gasteiger partial charge is 0.472 e. The number of carbonyl (C=O) groups is 2. The Labute approximate surface area is 446 Å². The van der Waals surface area contributed by atoms with Crippen LogP contribution < -0.4 is 5.73 Å². The van der Waals surface area contributed by atoms with Crippen molar-refractivity contribution in [3.63, 3.8) is 0 Å². The summed E-state index contributed by atoms with van der Waals surface area (Å²) in [6, 6.07) is 0. The molecule has 0 saturated carbocycles. The fourth-order valence-corrected chi connectivity index (χ4v) is 10.2. The van der Waals surface area contributed by atoms with Crippen LogP contribution in [-0.2, 0) is 32.7 Å². The Balaban J connectivity index is 3.69. The van der Waals surface area contributed by atoms with E-state index in [0.717, 1.165) is 64.2 Å². The predicted octanol–water partition coefficient (Wildman–Crippen LogP) is 19.8. The Morgan fingerprint density at radius 2 is 0.750 bits per heavy atom. The average molecular weight is 1040 g/mol. The lowest BCUT2D eigenvalue weighted by atomic mass is 10.0. The van der Waals surface area contributed by atoms with Crippen LogP contribution in [0.25, 0.3) is 0 Å². The number of unbranched alkanes of at least 4 members (excludes halogenated alkanes) is 43. The Morgan fingerprint density at radius 3 is 1.11 bits per heavy atom. The van der Waals surface area contributed by atoms with Gasteiger partial charge in [0.1, 0.15) is 6.61 Å². The summed E-state index contributed by atoms with van der Waals surface area (Å²) in [5.74, 6) is -0.830. The second-order valence-electron chi connectivity index (χ2n) is 21.3. The maximum atomic E-state index is 12.6. The summed E-state index contributed by atoms with van der Waals surface area (Å²) >= 11 is 0. The summed E-state index contributed by atoms with van der Waals surface area (Å²) in [5.41, 5.74) is 5.37. The molecule has 0 heterocycles. The molecule has 0 bridgehead atoms. The SMILES string of the molecule is CCC/C=C\C/C=C\CCCCCCCC(=O)OC(COC(=O)CCCCCCCCCCCCCCCCCCCCCCCCCCCCCCCCCCCCCCCC)COP(=O)(O)OCCN. The summed E-state index contributed by atoms with van der Waals surface area (Å²) in [4.78, 5) is 35.1. The van der Waals surface area contributed by atoms with Crippen LogP contribution >= 0.6 is 7.82 Å². The molecule has 3 N–H and O–H groups in total. The molecule has 10 heteroatoms. The van der Waals surface area contributed by atoms with E-state index in [1.54, 1.807) is 0 Å². The van der Waals surface area contributed by atoms with E-state index in [1.165, 1.54) is 231 Å². The molecular weight excluding hydrogens is 918 g/mol. The number of rotatable bonds is 60. The van der Waals surface area contributed by atoms with Crippen molar-refractivity contribution in [2.45, 2.75) is 335 Å². The highest BCUT2D eigenvalue weighted by atomic mass is 31.2. The molecule has 0 aliphatic carbocycles. The summed E-state index contributed by atoms with van der Waals surface area (Å²) in [5, 5.41) is 0. The Bertz CT molecular complexity index is 1230. The molecule has 426 valence electrons. The monoisotopic (exact) mass is 1040 g/mol. The molecule has 2 unspecified atom stereocenters. The van der Waals surface area contributed by atoms with E-state index in [4.69, 9.17) is 24.3 Å². The number of esters is 2. The van der Waals surface area contributed by atoms with Gasteiger partial charge in [0.15, 0.2) is 6.10 Å². The van der Waals surface area contributed by atoms with E-state index in [2.05, 4.69) is 38.2 Å². The minimum Gasteiger partial charge on any atom is -0.462 e. The zero-order valence-electron chi connectivity index (χ0n) is 47.7. The van der Waals surface area contributed by atoms with Crippen LogP contribution in [0.15, 0.2) is 24.3 Å². The van der Waals surface area contributed by atoms with Gasteiger partial charge in [-0.3, -0.25) is 18.6 Å². The lowest BCUT2D eigenvalue weighted by Gasteiger charge is -2.19. The van der Waals surface area contributed by atoms with Crippen LogP contribution in [0.4, 0.5) is 0 Å². The van der Waals surface area contributed by atoms with Crippen LogP contribution in [0.5, 0.6) is 0 Å². The molecule has 0 aromatic carbocycles. The van der Waals surface area contributed by atoms with Crippen LogP contribution in [0.3, 0.4) is 0 Å². The van der Waals surface area contributed by atoms with Crippen LogP contribution in [0.2, 0.25) is 0 Å². The smallest absolute Gasteiger partial charge is 0.462 e. The minimum absolute atomic E-state index is 0.0527. The first-order chi connectivity index (χ1) is 35.3. The van der Waals surface area contributed by atoms with Gasteiger partial charge in [0.2, 0.25) is 0 Å². The fraction of sp³-hybridized carbons (Fsp3) is 0.903. The minimum atomic E-state index is -4.38. The van der Waals surface area contributed by atoms with Crippen LogP contribution in [0, 0.1) is 0 Å². The fourth-order valence-electron chi connectivity index (χ4n) is 9.44. The molecule has 0 radical (unpaired) electrons. The number of allylic oxidation sites excluding steroid dienone is 4. The van der Waals surface area contributed by atoms with Crippen molar-refractivity contribution in [3.05, 3.63) is 24.3 Å². The van der Waals surface area contributed by atoms with Crippen molar-refractivity contribution in [2.24, 2.45) is 5.73 Å². The average Bonchev–Trinajstić information content (AvgIpc) is 3.37. The Morgan fingerprint density at radius 1 is 0.417 bits per heavy atom. The van der Waals surface area contributed by atoms with Crippen molar-refractivity contribution in [3.8, 4) is 0 Å². The zero-order chi connectivity index (χ0) is 52.4. The Kier molecular flexibility index (Phi) is 57.5. The van der Waals surface area contributed by atoms with Gasteiger partial charge >= 0.3 is 19.8 Å². The number of hydrogen-bond donors (Lipinski definition) is 2. The molecule has 0 aromatic rings. The molecule has 0 aliphatic heterocycles. The second kappa shape index (κ2) is 58.7. The van der Waals surface area contributed by atoms with Crippen molar-refractivity contribution in [1.29, 1.82) is 0 Å². The van der Waals surface area contributed by atoms with E-state index in [1.807, 2.05) is 0 Å². The van der Waals surface area contributed by atoms with Crippen LogP contribution in [-0.4, -0.2) is 49.3 Å². The summed E-state index contributed by atoms with van der Waals surface area (Å²) < 4.78 is 32.9. The van der Waals surface area contributed by atoms with Gasteiger partial charge in [-0.05, 0) is 38.5 Å². The van der Waals surface area contributed by atoms with E-state index in [0.29, 0.717) is 6.42 Å². The van der Waals surface area contributed by atoms with E-state index < -0.39 is 26.5 Å². The van der Waals surface area contributed by atoms with Gasteiger partial charge in [0.05, 0.1) is 13.2 Å². The van der Waals surface area contributed by atoms with Crippen molar-refractivity contribution in [2.75, 3.05) is 26.4 Å². The van der Waals surface area contributed by atoms with Gasteiger partial charge in [-0.2, -0.15) is 0 Å². The first-order valence-corrected chi connectivity index (χ1v) is 32.8. The molecule has 0 amide bonds. The predicted molar refractivity (Wildman–Crippen MR) is 307 cm³/mol. The number of hydrogen-bond acceptors (Lipinski definition) is 8. The third kappa shape index (κ3) is 57.8.